The number of pyridine rings is 1. The summed E-state index contributed by atoms with van der Waals surface area (Å²) in [5.41, 5.74) is 3.96. The third-order valence-corrected chi connectivity index (χ3v) is 5.61. The van der Waals surface area contributed by atoms with E-state index >= 15 is 0 Å². The Labute approximate surface area is 166 Å². The van der Waals surface area contributed by atoms with Crippen LogP contribution in [-0.4, -0.2) is 23.0 Å². The van der Waals surface area contributed by atoms with E-state index in [9.17, 15) is 4.79 Å². The summed E-state index contributed by atoms with van der Waals surface area (Å²) in [5, 5.41) is 0.709. The number of benzene rings is 2. The Morgan fingerprint density at radius 2 is 1.75 bits per heavy atom. The number of H-pyrrole nitrogens is 1. The number of nitrogens with one attached hydrogen (secondary N) is 1. The molecule has 28 heavy (non-hydrogen) atoms. The standard InChI is InChI=1S/C24H28N2O2/c1-18-22(16-26-13-7-2-3-8-14-26)24(27)21-15-20(11-12-23(21)25-18)28-17-19-9-5-4-6-10-19/h4-6,9-12,15H,2-3,7-8,13-14,16-17H2,1H3,(H,25,27). The van der Waals surface area contributed by atoms with Crippen LogP contribution in [0.4, 0.5) is 0 Å². The van der Waals surface area contributed by atoms with Gasteiger partial charge in [0.2, 0.25) is 0 Å². The highest BCUT2D eigenvalue weighted by Crippen LogP contribution is 2.21. The summed E-state index contributed by atoms with van der Waals surface area (Å²) in [4.78, 5) is 19.1. The fraction of sp³-hybridized carbons (Fsp3) is 0.375. The molecule has 0 atom stereocenters. The summed E-state index contributed by atoms with van der Waals surface area (Å²) in [5.74, 6) is 0.728. The predicted octanol–water partition coefficient (Wildman–Crippen LogP) is 4.79. The second kappa shape index (κ2) is 8.61. The largest absolute Gasteiger partial charge is 0.489 e. The van der Waals surface area contributed by atoms with E-state index in [1.807, 2.05) is 55.5 Å². The van der Waals surface area contributed by atoms with Gasteiger partial charge >= 0.3 is 0 Å². The van der Waals surface area contributed by atoms with Gasteiger partial charge in [-0.2, -0.15) is 0 Å². The molecule has 1 aliphatic heterocycles. The molecule has 2 aromatic carbocycles. The lowest BCUT2D eigenvalue weighted by molar-refractivity contribution is 0.275. The second-order valence-corrected chi connectivity index (χ2v) is 7.73. The summed E-state index contributed by atoms with van der Waals surface area (Å²) >= 11 is 0. The summed E-state index contributed by atoms with van der Waals surface area (Å²) in [6.07, 6.45) is 5.04. The smallest absolute Gasteiger partial charge is 0.194 e. The zero-order chi connectivity index (χ0) is 19.3. The van der Waals surface area contributed by atoms with Crippen molar-refractivity contribution in [2.75, 3.05) is 13.1 Å². The molecule has 0 spiro atoms. The molecular formula is C24H28N2O2. The molecule has 0 saturated carbocycles. The molecule has 0 amide bonds. The Morgan fingerprint density at radius 3 is 2.50 bits per heavy atom. The maximum Gasteiger partial charge on any atom is 0.194 e. The van der Waals surface area contributed by atoms with Crippen LogP contribution < -0.4 is 10.2 Å². The van der Waals surface area contributed by atoms with Crippen LogP contribution in [-0.2, 0) is 13.2 Å². The van der Waals surface area contributed by atoms with Crippen LogP contribution in [0.5, 0.6) is 5.75 Å². The highest BCUT2D eigenvalue weighted by atomic mass is 16.5. The zero-order valence-corrected chi connectivity index (χ0v) is 16.5. The Hall–Kier alpha value is -2.59. The van der Waals surface area contributed by atoms with E-state index in [0.29, 0.717) is 12.0 Å². The Balaban J connectivity index is 1.59. The lowest BCUT2D eigenvalue weighted by Crippen LogP contribution is -2.28. The summed E-state index contributed by atoms with van der Waals surface area (Å²) < 4.78 is 5.93. The van der Waals surface area contributed by atoms with E-state index < -0.39 is 0 Å². The first-order chi connectivity index (χ1) is 13.7. The molecule has 4 rings (SSSR count). The fourth-order valence-electron chi connectivity index (χ4n) is 3.97. The third kappa shape index (κ3) is 4.28. The molecule has 146 valence electrons. The van der Waals surface area contributed by atoms with Crippen molar-refractivity contribution >= 4 is 10.9 Å². The van der Waals surface area contributed by atoms with E-state index in [1.165, 1.54) is 25.7 Å². The quantitative estimate of drug-likeness (QED) is 0.696. The summed E-state index contributed by atoms with van der Waals surface area (Å²) in [6.45, 7) is 5.39. The average molecular weight is 377 g/mol. The SMILES string of the molecule is Cc1[nH]c2ccc(OCc3ccccc3)cc2c(=O)c1CN1CCCCCC1. The van der Waals surface area contributed by atoms with Crippen molar-refractivity contribution in [1.82, 2.24) is 9.88 Å². The van der Waals surface area contributed by atoms with E-state index in [4.69, 9.17) is 4.74 Å². The number of likely N-dealkylation sites (tertiary alicyclic amines) is 1. The number of nitrogens with zero attached hydrogens (tertiary/aromatic N) is 1. The van der Waals surface area contributed by atoms with E-state index in [2.05, 4.69) is 9.88 Å². The van der Waals surface area contributed by atoms with Gasteiger partial charge < -0.3 is 9.72 Å². The maximum absolute atomic E-state index is 13.2. The number of aryl methyl sites for hydroxylation is 1. The van der Waals surface area contributed by atoms with Gasteiger partial charge in [0.15, 0.2) is 5.43 Å². The molecule has 3 aromatic rings. The van der Waals surface area contributed by atoms with Crippen LogP contribution in [0.3, 0.4) is 0 Å². The molecule has 1 fully saturated rings. The minimum absolute atomic E-state index is 0.126. The van der Waals surface area contributed by atoms with Gasteiger partial charge in [-0.15, -0.1) is 0 Å². The molecule has 1 aromatic heterocycles. The molecule has 4 heteroatoms. The van der Waals surface area contributed by atoms with Crippen LogP contribution in [0.1, 0.15) is 42.5 Å². The summed E-state index contributed by atoms with van der Waals surface area (Å²) in [6, 6.07) is 15.8. The molecule has 0 radical (unpaired) electrons. The molecule has 1 N–H and O–H groups in total. The molecule has 0 aliphatic carbocycles. The predicted molar refractivity (Wildman–Crippen MR) is 114 cm³/mol. The van der Waals surface area contributed by atoms with Crippen LogP contribution in [0, 0.1) is 6.92 Å². The van der Waals surface area contributed by atoms with E-state index in [1.54, 1.807) is 0 Å². The number of ether oxygens (including phenoxy) is 1. The first-order valence-corrected chi connectivity index (χ1v) is 10.3. The molecule has 0 bridgehead atoms. The van der Waals surface area contributed by atoms with Crippen molar-refractivity contribution in [3.63, 3.8) is 0 Å². The van der Waals surface area contributed by atoms with Gasteiger partial charge in [-0.1, -0.05) is 43.2 Å². The van der Waals surface area contributed by atoms with Gasteiger partial charge in [-0.05, 0) is 56.6 Å². The molecule has 4 nitrogen and oxygen atoms in total. The molecule has 0 unspecified atom stereocenters. The van der Waals surface area contributed by atoms with Gasteiger partial charge in [0.05, 0.1) is 0 Å². The summed E-state index contributed by atoms with van der Waals surface area (Å²) in [7, 11) is 0. The lowest BCUT2D eigenvalue weighted by Gasteiger charge is -2.20. The maximum atomic E-state index is 13.2. The van der Waals surface area contributed by atoms with E-state index in [-0.39, 0.29) is 5.43 Å². The van der Waals surface area contributed by atoms with Gasteiger partial charge in [0, 0.05) is 28.7 Å². The first kappa shape index (κ1) is 18.8. The van der Waals surface area contributed by atoms with Gasteiger partial charge in [0.25, 0.3) is 0 Å². The minimum Gasteiger partial charge on any atom is -0.489 e. The first-order valence-electron chi connectivity index (χ1n) is 10.3. The van der Waals surface area contributed by atoms with E-state index in [0.717, 1.165) is 47.7 Å². The minimum atomic E-state index is 0.126. The van der Waals surface area contributed by atoms with Crippen molar-refractivity contribution in [3.8, 4) is 5.75 Å². The number of hydrogen-bond acceptors (Lipinski definition) is 3. The van der Waals surface area contributed by atoms with Crippen molar-refractivity contribution in [2.45, 2.75) is 45.8 Å². The Bertz CT molecular complexity index is 987. The van der Waals surface area contributed by atoms with Crippen molar-refractivity contribution in [2.24, 2.45) is 0 Å². The molecular weight excluding hydrogens is 348 g/mol. The third-order valence-electron chi connectivity index (χ3n) is 5.61. The monoisotopic (exact) mass is 376 g/mol. The topological polar surface area (TPSA) is 45.3 Å². The average Bonchev–Trinajstić information content (AvgIpc) is 2.99. The Kier molecular flexibility index (Phi) is 5.77. The van der Waals surface area contributed by atoms with Gasteiger partial charge in [-0.25, -0.2) is 0 Å². The number of aromatic amines is 1. The number of aromatic nitrogens is 1. The number of fused-ring (bicyclic) bond motifs is 1. The highest BCUT2D eigenvalue weighted by molar-refractivity contribution is 5.81. The normalized spacial score (nSPS) is 15.5. The second-order valence-electron chi connectivity index (χ2n) is 7.73. The zero-order valence-electron chi connectivity index (χ0n) is 16.5. The fourth-order valence-corrected chi connectivity index (χ4v) is 3.97. The lowest BCUT2D eigenvalue weighted by atomic mass is 10.1. The molecule has 1 saturated heterocycles. The van der Waals surface area contributed by atoms with Crippen molar-refractivity contribution < 1.29 is 4.74 Å². The van der Waals surface area contributed by atoms with Crippen LogP contribution >= 0.6 is 0 Å². The number of hydrogen-bond donors (Lipinski definition) is 1. The Morgan fingerprint density at radius 1 is 1.00 bits per heavy atom. The van der Waals surface area contributed by atoms with Crippen molar-refractivity contribution in [1.29, 1.82) is 0 Å². The van der Waals surface area contributed by atoms with Crippen LogP contribution in [0.2, 0.25) is 0 Å². The van der Waals surface area contributed by atoms with Crippen molar-refractivity contribution in [3.05, 3.63) is 75.6 Å². The number of rotatable bonds is 5. The molecule has 1 aliphatic rings. The van der Waals surface area contributed by atoms with Crippen LogP contribution in [0.25, 0.3) is 10.9 Å². The highest BCUT2D eigenvalue weighted by Gasteiger charge is 2.15. The van der Waals surface area contributed by atoms with Crippen LogP contribution in [0.15, 0.2) is 53.3 Å². The van der Waals surface area contributed by atoms with Gasteiger partial charge in [-0.3, -0.25) is 9.69 Å². The van der Waals surface area contributed by atoms with Gasteiger partial charge in [0.1, 0.15) is 12.4 Å². The molecule has 2 heterocycles.